The van der Waals surface area contributed by atoms with Crippen LogP contribution in [0, 0.1) is 6.92 Å². The smallest absolute Gasteiger partial charge is 0.0980 e. The van der Waals surface area contributed by atoms with Crippen molar-refractivity contribution in [2.45, 2.75) is 0 Å². The third kappa shape index (κ3) is 2.28. The second kappa shape index (κ2) is 3.83. The predicted octanol–water partition coefficient (Wildman–Crippen LogP) is 0.983. The van der Waals surface area contributed by atoms with E-state index in [0.29, 0.717) is 0 Å². The molecule has 1 aromatic rings. The molecule has 0 fully saturated rings. The maximum Gasteiger partial charge on any atom is 0.0980 e. The third-order valence-electron chi connectivity index (χ3n) is 1.19. The molecule has 3 N–H and O–H groups in total. The summed E-state index contributed by atoms with van der Waals surface area (Å²) in [7, 11) is 0. The molecule has 11 heavy (non-hydrogen) atoms. The van der Waals surface area contributed by atoms with Gasteiger partial charge in [-0.2, -0.15) is 6.92 Å². The predicted molar refractivity (Wildman–Crippen MR) is 35.9 cm³/mol. The SMILES string of the molecule is [CH2-]c1c(O)cc(O)cc1O.[Y]. The molecule has 0 atom stereocenters. The van der Waals surface area contributed by atoms with Crippen LogP contribution in [0.15, 0.2) is 12.1 Å². The summed E-state index contributed by atoms with van der Waals surface area (Å²) >= 11 is 0. The van der Waals surface area contributed by atoms with Crippen LogP contribution in [0.25, 0.3) is 0 Å². The molecule has 1 aromatic carbocycles. The van der Waals surface area contributed by atoms with Gasteiger partial charge in [0.15, 0.2) is 0 Å². The standard InChI is InChI=1S/C7H7O3.Y/c1-4-6(9)2-5(8)3-7(4)10;/h2-3,8-10H,1H2;/q-1;. The van der Waals surface area contributed by atoms with E-state index in [1.807, 2.05) is 0 Å². The first kappa shape index (κ1) is 10.6. The minimum Gasteiger partial charge on any atom is -0.565 e. The van der Waals surface area contributed by atoms with E-state index in [1.165, 1.54) is 0 Å². The molecule has 0 bridgehead atoms. The normalized spacial score (nSPS) is 8.73. The Hall–Kier alpha value is -0.406. The molecule has 57 valence electrons. The molecule has 1 radical (unpaired) electrons. The van der Waals surface area contributed by atoms with Gasteiger partial charge in [-0.15, -0.1) is 5.56 Å². The quantitative estimate of drug-likeness (QED) is 0.580. The summed E-state index contributed by atoms with van der Waals surface area (Å²) in [4.78, 5) is 0. The molecule has 0 spiro atoms. The van der Waals surface area contributed by atoms with Crippen LogP contribution >= 0.6 is 0 Å². The zero-order valence-electron chi connectivity index (χ0n) is 5.78. The van der Waals surface area contributed by atoms with E-state index in [-0.39, 0.29) is 55.5 Å². The third-order valence-corrected chi connectivity index (χ3v) is 1.19. The van der Waals surface area contributed by atoms with Gasteiger partial charge in [0.2, 0.25) is 0 Å². The number of aromatic hydroxyl groups is 3. The Labute approximate surface area is 89.6 Å². The van der Waals surface area contributed by atoms with Crippen LogP contribution < -0.4 is 0 Å². The largest absolute Gasteiger partial charge is 0.565 e. The summed E-state index contributed by atoms with van der Waals surface area (Å²) in [5.41, 5.74) is 0.123. The number of hydrogen-bond acceptors (Lipinski definition) is 3. The van der Waals surface area contributed by atoms with Gasteiger partial charge in [-0.05, 0) is 12.1 Å². The van der Waals surface area contributed by atoms with Crippen molar-refractivity contribution < 1.29 is 48.0 Å². The van der Waals surface area contributed by atoms with Gasteiger partial charge in [0, 0.05) is 44.2 Å². The molecular weight excluding hydrogens is 221 g/mol. The summed E-state index contributed by atoms with van der Waals surface area (Å²) in [5.74, 6) is -0.600. The van der Waals surface area contributed by atoms with Gasteiger partial charge in [0.05, 0.1) is 5.75 Å². The molecule has 1 rings (SSSR count). The Morgan fingerprint density at radius 1 is 1.00 bits per heavy atom. The van der Waals surface area contributed by atoms with E-state index in [2.05, 4.69) is 6.92 Å². The van der Waals surface area contributed by atoms with E-state index in [4.69, 9.17) is 15.3 Å². The molecule has 0 saturated carbocycles. The monoisotopic (exact) mass is 228 g/mol. The van der Waals surface area contributed by atoms with Crippen molar-refractivity contribution in [3.63, 3.8) is 0 Å². The fourth-order valence-electron chi connectivity index (χ4n) is 0.627. The number of benzene rings is 1. The van der Waals surface area contributed by atoms with Crippen LogP contribution in [0.4, 0.5) is 0 Å². The molecule has 0 unspecified atom stereocenters. The minimum absolute atomic E-state index is 0. The van der Waals surface area contributed by atoms with Gasteiger partial charge in [-0.1, -0.05) is 0 Å². The molecule has 3 nitrogen and oxygen atoms in total. The molecule has 0 saturated heterocycles. The van der Waals surface area contributed by atoms with Crippen LogP contribution in [0.2, 0.25) is 0 Å². The van der Waals surface area contributed by atoms with E-state index in [1.54, 1.807) is 0 Å². The van der Waals surface area contributed by atoms with Crippen molar-refractivity contribution in [2.75, 3.05) is 0 Å². The maximum absolute atomic E-state index is 8.90. The Morgan fingerprint density at radius 2 is 1.36 bits per heavy atom. The van der Waals surface area contributed by atoms with Crippen molar-refractivity contribution in [3.8, 4) is 17.2 Å². The van der Waals surface area contributed by atoms with E-state index in [0.717, 1.165) is 12.1 Å². The van der Waals surface area contributed by atoms with Crippen molar-refractivity contribution in [1.29, 1.82) is 0 Å². The van der Waals surface area contributed by atoms with Crippen molar-refractivity contribution in [1.82, 2.24) is 0 Å². The molecule has 0 aliphatic heterocycles. The number of phenolic OH excluding ortho intramolecular Hbond substituents is 3. The molecule has 0 amide bonds. The second-order valence-electron chi connectivity index (χ2n) is 1.96. The number of rotatable bonds is 0. The summed E-state index contributed by atoms with van der Waals surface area (Å²) in [6.07, 6.45) is 0. The van der Waals surface area contributed by atoms with Crippen molar-refractivity contribution in [3.05, 3.63) is 24.6 Å². The summed E-state index contributed by atoms with van der Waals surface area (Å²) < 4.78 is 0. The van der Waals surface area contributed by atoms with Gasteiger partial charge >= 0.3 is 0 Å². The molecular formula is C7H7O3Y-. The van der Waals surface area contributed by atoms with Crippen molar-refractivity contribution >= 4 is 0 Å². The number of hydrogen-bond donors (Lipinski definition) is 3. The molecule has 0 aromatic heterocycles. The van der Waals surface area contributed by atoms with Crippen LogP contribution in [-0.2, 0) is 32.7 Å². The van der Waals surface area contributed by atoms with E-state index >= 15 is 0 Å². The van der Waals surface area contributed by atoms with Crippen LogP contribution in [-0.4, -0.2) is 15.3 Å². The van der Waals surface area contributed by atoms with Gasteiger partial charge in [-0.25, -0.2) is 0 Å². The average molecular weight is 228 g/mol. The zero-order chi connectivity index (χ0) is 7.72. The van der Waals surface area contributed by atoms with Gasteiger partial charge in [-0.3, -0.25) is 0 Å². The Balaban J connectivity index is 0.000001000. The topological polar surface area (TPSA) is 60.7 Å². The second-order valence-corrected chi connectivity index (χ2v) is 1.96. The summed E-state index contributed by atoms with van der Waals surface area (Å²) in [5, 5.41) is 26.6. The Kier molecular flexibility index (Phi) is 3.69. The number of phenols is 3. The minimum atomic E-state index is -0.211. The molecule has 0 aliphatic rings. The molecule has 4 heteroatoms. The van der Waals surface area contributed by atoms with Crippen molar-refractivity contribution in [2.24, 2.45) is 0 Å². The van der Waals surface area contributed by atoms with Crippen LogP contribution in [0.1, 0.15) is 5.56 Å². The first-order chi connectivity index (χ1) is 4.61. The first-order valence-electron chi connectivity index (χ1n) is 2.68. The fourth-order valence-corrected chi connectivity index (χ4v) is 0.627. The zero-order valence-corrected chi connectivity index (χ0v) is 8.62. The van der Waals surface area contributed by atoms with Crippen LogP contribution in [0.5, 0.6) is 17.2 Å². The van der Waals surface area contributed by atoms with Gasteiger partial charge in [0.1, 0.15) is 0 Å². The first-order valence-corrected chi connectivity index (χ1v) is 2.68. The van der Waals surface area contributed by atoms with Crippen LogP contribution in [0.3, 0.4) is 0 Å². The van der Waals surface area contributed by atoms with Gasteiger partial charge in [0.25, 0.3) is 0 Å². The van der Waals surface area contributed by atoms with E-state index < -0.39 is 0 Å². The Bertz CT molecular complexity index is 237. The summed E-state index contributed by atoms with van der Waals surface area (Å²) in [6.45, 7) is 3.35. The van der Waals surface area contributed by atoms with E-state index in [9.17, 15) is 0 Å². The van der Waals surface area contributed by atoms with Gasteiger partial charge < -0.3 is 15.3 Å². The summed E-state index contributed by atoms with van der Waals surface area (Å²) in [6, 6.07) is 2.23. The average Bonchev–Trinajstić information content (AvgIpc) is 1.82. The molecule has 0 heterocycles. The maximum atomic E-state index is 8.90. The fraction of sp³-hybridized carbons (Fsp3) is 0. The molecule has 0 aliphatic carbocycles. The Morgan fingerprint density at radius 3 is 1.73 bits per heavy atom.